The van der Waals surface area contributed by atoms with Crippen LogP contribution in [0.2, 0.25) is 0 Å². The summed E-state index contributed by atoms with van der Waals surface area (Å²) in [5, 5.41) is 3.79. The minimum Gasteiger partial charge on any atom is -0.308 e. The first kappa shape index (κ1) is 13.3. The summed E-state index contributed by atoms with van der Waals surface area (Å²) in [4.78, 5) is 2.46. The van der Waals surface area contributed by atoms with Crippen molar-refractivity contribution in [1.82, 2.24) is 10.2 Å². The molecule has 100 valence electrons. The van der Waals surface area contributed by atoms with E-state index in [1.807, 2.05) is 0 Å². The zero-order valence-corrected chi connectivity index (χ0v) is 11.4. The molecule has 1 saturated heterocycles. The van der Waals surface area contributed by atoms with Gasteiger partial charge in [0.2, 0.25) is 0 Å². The van der Waals surface area contributed by atoms with E-state index in [4.69, 9.17) is 0 Å². The van der Waals surface area contributed by atoms with Crippen molar-refractivity contribution in [3.8, 4) is 0 Å². The summed E-state index contributed by atoms with van der Waals surface area (Å²) in [7, 11) is 0. The topological polar surface area (TPSA) is 15.3 Å². The summed E-state index contributed by atoms with van der Waals surface area (Å²) in [5.41, 5.74) is 0.503. The molecule has 0 amide bonds. The molecule has 0 aromatic heterocycles. The van der Waals surface area contributed by atoms with Crippen LogP contribution in [0, 0.1) is 0 Å². The molecule has 0 radical (unpaired) electrons. The van der Waals surface area contributed by atoms with Gasteiger partial charge in [0, 0.05) is 30.7 Å². The molecule has 2 nitrogen and oxygen atoms in total. The van der Waals surface area contributed by atoms with Gasteiger partial charge in [0.05, 0.1) is 0 Å². The standard InChI is InChI=1S/C14H27FN2/c1-3-13(4-2)12-17(10-9-15)14(11-16-13)7-5-6-8-14/h16H,3-12H2,1-2H3. The van der Waals surface area contributed by atoms with E-state index >= 15 is 0 Å². The molecule has 0 aromatic rings. The van der Waals surface area contributed by atoms with Gasteiger partial charge in [0.25, 0.3) is 0 Å². The van der Waals surface area contributed by atoms with Gasteiger partial charge in [0.1, 0.15) is 6.67 Å². The fraction of sp³-hybridized carbons (Fsp3) is 1.00. The number of hydrogen-bond donors (Lipinski definition) is 1. The highest BCUT2D eigenvalue weighted by Gasteiger charge is 2.47. The van der Waals surface area contributed by atoms with E-state index in [0.717, 1.165) is 25.9 Å². The lowest BCUT2D eigenvalue weighted by Crippen LogP contribution is -2.69. The van der Waals surface area contributed by atoms with E-state index in [2.05, 4.69) is 24.1 Å². The molecule has 0 bridgehead atoms. The number of alkyl halides is 1. The van der Waals surface area contributed by atoms with Gasteiger partial charge in [-0.2, -0.15) is 0 Å². The molecule has 1 aliphatic heterocycles. The Morgan fingerprint density at radius 3 is 2.35 bits per heavy atom. The lowest BCUT2D eigenvalue weighted by Gasteiger charge is -2.53. The third-order valence-corrected chi connectivity index (χ3v) is 5.20. The predicted octanol–water partition coefficient (Wildman–Crippen LogP) is 2.73. The van der Waals surface area contributed by atoms with Crippen LogP contribution < -0.4 is 5.32 Å². The van der Waals surface area contributed by atoms with Crippen LogP contribution in [-0.2, 0) is 0 Å². The second kappa shape index (κ2) is 5.23. The molecule has 1 saturated carbocycles. The Morgan fingerprint density at radius 1 is 1.18 bits per heavy atom. The first-order valence-electron chi connectivity index (χ1n) is 7.26. The summed E-state index contributed by atoms with van der Waals surface area (Å²) in [6.45, 7) is 7.01. The maximum atomic E-state index is 12.8. The maximum Gasteiger partial charge on any atom is 0.102 e. The summed E-state index contributed by atoms with van der Waals surface area (Å²) < 4.78 is 12.8. The second-order valence-corrected chi connectivity index (χ2v) is 5.88. The zero-order chi connectivity index (χ0) is 12.4. The predicted molar refractivity (Wildman–Crippen MR) is 70.1 cm³/mol. The van der Waals surface area contributed by atoms with Gasteiger partial charge < -0.3 is 5.32 Å². The molecule has 1 heterocycles. The summed E-state index contributed by atoms with van der Waals surface area (Å²) >= 11 is 0. The monoisotopic (exact) mass is 242 g/mol. The highest BCUT2D eigenvalue weighted by molar-refractivity contribution is 5.06. The van der Waals surface area contributed by atoms with E-state index in [0.29, 0.717) is 6.54 Å². The molecule has 2 fully saturated rings. The highest BCUT2D eigenvalue weighted by atomic mass is 19.1. The first-order chi connectivity index (χ1) is 8.20. The largest absolute Gasteiger partial charge is 0.308 e. The minimum atomic E-state index is -0.203. The molecule has 1 spiro atoms. The fourth-order valence-electron chi connectivity index (χ4n) is 3.72. The third kappa shape index (κ3) is 2.37. The molecule has 3 heteroatoms. The SMILES string of the molecule is CCC1(CC)CN(CCF)C2(CCCC2)CN1. The van der Waals surface area contributed by atoms with Crippen molar-refractivity contribution in [2.75, 3.05) is 26.3 Å². The van der Waals surface area contributed by atoms with Gasteiger partial charge in [-0.05, 0) is 25.7 Å². The molecule has 1 N–H and O–H groups in total. The van der Waals surface area contributed by atoms with Crippen LogP contribution in [0.3, 0.4) is 0 Å². The molecular formula is C14H27FN2. The number of halogens is 1. The van der Waals surface area contributed by atoms with Crippen molar-refractivity contribution in [1.29, 1.82) is 0 Å². The second-order valence-electron chi connectivity index (χ2n) is 5.88. The maximum absolute atomic E-state index is 12.8. The number of nitrogens with one attached hydrogen (secondary N) is 1. The third-order valence-electron chi connectivity index (χ3n) is 5.20. The van der Waals surface area contributed by atoms with E-state index in [1.165, 1.54) is 25.7 Å². The van der Waals surface area contributed by atoms with Gasteiger partial charge >= 0.3 is 0 Å². The van der Waals surface area contributed by atoms with Gasteiger partial charge in [-0.25, -0.2) is 4.39 Å². The number of piperazine rings is 1. The van der Waals surface area contributed by atoms with Crippen molar-refractivity contribution in [2.45, 2.75) is 63.5 Å². The summed E-state index contributed by atoms with van der Waals surface area (Å²) in [6.07, 6.45) is 7.42. The van der Waals surface area contributed by atoms with Gasteiger partial charge in [0.15, 0.2) is 0 Å². The molecule has 2 rings (SSSR count). The number of rotatable bonds is 4. The average molecular weight is 242 g/mol. The Bertz CT molecular complexity index is 245. The van der Waals surface area contributed by atoms with Crippen molar-refractivity contribution >= 4 is 0 Å². The van der Waals surface area contributed by atoms with Crippen LogP contribution in [0.5, 0.6) is 0 Å². The van der Waals surface area contributed by atoms with Crippen LogP contribution in [0.25, 0.3) is 0 Å². The fourth-order valence-corrected chi connectivity index (χ4v) is 3.72. The van der Waals surface area contributed by atoms with Gasteiger partial charge in [-0.15, -0.1) is 0 Å². The van der Waals surface area contributed by atoms with Crippen LogP contribution in [0.15, 0.2) is 0 Å². The highest BCUT2D eigenvalue weighted by Crippen LogP contribution is 2.39. The van der Waals surface area contributed by atoms with Crippen molar-refractivity contribution in [3.63, 3.8) is 0 Å². The molecule has 2 aliphatic rings. The van der Waals surface area contributed by atoms with E-state index in [1.54, 1.807) is 0 Å². The van der Waals surface area contributed by atoms with Gasteiger partial charge in [-0.3, -0.25) is 4.90 Å². The Kier molecular flexibility index (Phi) is 4.09. The van der Waals surface area contributed by atoms with Crippen molar-refractivity contribution in [3.05, 3.63) is 0 Å². The lowest BCUT2D eigenvalue weighted by atomic mass is 9.82. The van der Waals surface area contributed by atoms with Crippen LogP contribution >= 0.6 is 0 Å². The minimum absolute atomic E-state index is 0.203. The van der Waals surface area contributed by atoms with E-state index in [-0.39, 0.29) is 17.8 Å². The number of hydrogen-bond acceptors (Lipinski definition) is 2. The first-order valence-corrected chi connectivity index (χ1v) is 7.26. The Morgan fingerprint density at radius 2 is 1.82 bits per heavy atom. The summed E-state index contributed by atoms with van der Waals surface area (Å²) in [6, 6.07) is 0. The summed E-state index contributed by atoms with van der Waals surface area (Å²) in [5.74, 6) is 0. The molecular weight excluding hydrogens is 215 g/mol. The lowest BCUT2D eigenvalue weighted by molar-refractivity contribution is 0.000801. The zero-order valence-electron chi connectivity index (χ0n) is 11.4. The number of nitrogens with zero attached hydrogens (tertiary/aromatic N) is 1. The smallest absolute Gasteiger partial charge is 0.102 e. The molecule has 17 heavy (non-hydrogen) atoms. The normalized spacial score (nSPS) is 27.7. The van der Waals surface area contributed by atoms with Crippen LogP contribution in [0.4, 0.5) is 4.39 Å². The van der Waals surface area contributed by atoms with Crippen molar-refractivity contribution < 1.29 is 4.39 Å². The quantitative estimate of drug-likeness (QED) is 0.815. The van der Waals surface area contributed by atoms with Gasteiger partial charge in [-0.1, -0.05) is 26.7 Å². The molecule has 0 unspecified atom stereocenters. The van der Waals surface area contributed by atoms with Crippen LogP contribution in [-0.4, -0.2) is 42.3 Å². The van der Waals surface area contributed by atoms with E-state index < -0.39 is 0 Å². The average Bonchev–Trinajstić information content (AvgIpc) is 2.83. The Labute approximate surface area is 105 Å². The van der Waals surface area contributed by atoms with E-state index in [9.17, 15) is 4.39 Å². The molecule has 0 aromatic carbocycles. The Balaban J connectivity index is 2.12. The molecule has 1 aliphatic carbocycles. The molecule has 0 atom stereocenters. The van der Waals surface area contributed by atoms with Crippen molar-refractivity contribution in [2.24, 2.45) is 0 Å². The van der Waals surface area contributed by atoms with Crippen LogP contribution in [0.1, 0.15) is 52.4 Å². The Hall–Kier alpha value is -0.150.